The Kier molecular flexibility index (Phi) is 5.12. The molecule has 28 heavy (non-hydrogen) atoms. The highest BCUT2D eigenvalue weighted by Crippen LogP contribution is 2.49. The number of aliphatic imine (C=N–C) groups is 1. The molecule has 1 aromatic rings. The molecule has 0 bridgehead atoms. The van der Waals surface area contributed by atoms with Crippen molar-refractivity contribution in [1.82, 2.24) is 9.91 Å². The largest absolute Gasteiger partial charge is 0.493 e. The lowest BCUT2D eigenvalue weighted by molar-refractivity contribution is 0.223. The van der Waals surface area contributed by atoms with Gasteiger partial charge in [0.05, 0.1) is 14.2 Å². The summed E-state index contributed by atoms with van der Waals surface area (Å²) in [4.78, 5) is 6.55. The van der Waals surface area contributed by atoms with Crippen molar-refractivity contribution in [1.29, 1.82) is 0 Å². The first-order valence-electron chi connectivity index (χ1n) is 9.80. The molecule has 1 aliphatic carbocycles. The number of hydrogen-bond donors (Lipinski definition) is 1. The molecule has 0 amide bonds. The van der Waals surface area contributed by atoms with Gasteiger partial charge in [-0.3, -0.25) is 4.99 Å². The number of rotatable bonds is 4. The highest BCUT2D eigenvalue weighted by Gasteiger charge is 2.50. The van der Waals surface area contributed by atoms with Crippen LogP contribution in [0.4, 0.5) is 0 Å². The van der Waals surface area contributed by atoms with Crippen LogP contribution in [0.15, 0.2) is 40.7 Å². The van der Waals surface area contributed by atoms with Gasteiger partial charge in [-0.25, -0.2) is 5.01 Å². The lowest BCUT2D eigenvalue weighted by Gasteiger charge is -2.42. The van der Waals surface area contributed by atoms with Crippen molar-refractivity contribution >= 4 is 11.9 Å². The van der Waals surface area contributed by atoms with Crippen LogP contribution in [0, 0.1) is 0 Å². The summed E-state index contributed by atoms with van der Waals surface area (Å²) in [5.74, 6) is 1.57. The minimum absolute atomic E-state index is 0.120. The van der Waals surface area contributed by atoms with Crippen molar-refractivity contribution in [2.24, 2.45) is 15.8 Å². The predicted molar refractivity (Wildman–Crippen MR) is 111 cm³/mol. The summed E-state index contributed by atoms with van der Waals surface area (Å²) in [7, 11) is 5.59. The maximum absolute atomic E-state index is 6.09. The molecule has 2 heterocycles. The van der Waals surface area contributed by atoms with Crippen LogP contribution in [0.25, 0.3) is 0 Å². The Morgan fingerprint density at radius 2 is 2.04 bits per heavy atom. The maximum Gasteiger partial charge on any atom is 0.161 e. The van der Waals surface area contributed by atoms with E-state index in [1.807, 2.05) is 12.3 Å². The molecule has 2 aliphatic heterocycles. The first-order chi connectivity index (χ1) is 13.6. The molecule has 4 rings (SSSR count). The van der Waals surface area contributed by atoms with E-state index in [0.29, 0.717) is 6.04 Å². The summed E-state index contributed by atoms with van der Waals surface area (Å²) in [6.45, 7) is 1.09. The fourth-order valence-corrected chi connectivity index (χ4v) is 4.85. The van der Waals surface area contributed by atoms with Gasteiger partial charge in [-0.05, 0) is 50.6 Å². The lowest BCUT2D eigenvalue weighted by atomic mass is 9.65. The Labute approximate surface area is 166 Å². The minimum atomic E-state index is -0.295. The second kappa shape index (κ2) is 7.56. The normalized spacial score (nSPS) is 31.3. The Morgan fingerprint density at radius 1 is 1.21 bits per heavy atom. The molecule has 150 valence electrons. The van der Waals surface area contributed by atoms with E-state index in [0.717, 1.165) is 43.7 Å². The average molecular weight is 383 g/mol. The minimum Gasteiger partial charge on any atom is -0.493 e. The number of likely N-dealkylation sites (tertiary alicyclic amines) is 1. The van der Waals surface area contributed by atoms with Gasteiger partial charge in [0.25, 0.3) is 0 Å². The van der Waals surface area contributed by atoms with Crippen LogP contribution < -0.4 is 15.2 Å². The van der Waals surface area contributed by atoms with E-state index in [9.17, 15) is 0 Å². The van der Waals surface area contributed by atoms with E-state index in [1.54, 1.807) is 31.6 Å². The van der Waals surface area contributed by atoms with Gasteiger partial charge < -0.3 is 20.1 Å². The molecular weight excluding hydrogens is 354 g/mol. The molecule has 1 saturated carbocycles. The molecule has 3 atom stereocenters. The number of fused-ring (bicyclic) bond motifs is 1. The molecule has 0 radical (unpaired) electrons. The Balaban J connectivity index is 1.62. The number of methoxy groups -OCH3 is 2. The van der Waals surface area contributed by atoms with Gasteiger partial charge in [-0.2, -0.15) is 5.10 Å². The lowest BCUT2D eigenvalue weighted by Crippen LogP contribution is -2.47. The molecule has 2 fully saturated rings. The number of nitrogens with two attached hydrogens (primary N) is 1. The number of ether oxygens (including phenoxy) is 2. The zero-order chi connectivity index (χ0) is 19.7. The highest BCUT2D eigenvalue weighted by atomic mass is 16.5. The summed E-state index contributed by atoms with van der Waals surface area (Å²) in [6, 6.07) is 6.80. The van der Waals surface area contributed by atoms with E-state index in [2.05, 4.69) is 29.1 Å². The SMILES string of the molecule is COc1ccc([C@@]23CCC(=NN4C=CN=CC4N)C[C@@H]2N(C)CC3)cc1OC. The van der Waals surface area contributed by atoms with Crippen LogP contribution in [0.5, 0.6) is 11.5 Å². The van der Waals surface area contributed by atoms with Gasteiger partial charge in [0.1, 0.15) is 6.17 Å². The number of nitrogens with zero attached hydrogens (tertiary/aromatic N) is 4. The van der Waals surface area contributed by atoms with Gasteiger partial charge in [-0.15, -0.1) is 0 Å². The summed E-state index contributed by atoms with van der Waals surface area (Å²) < 4.78 is 11.0. The summed E-state index contributed by atoms with van der Waals surface area (Å²) in [5.41, 5.74) is 8.74. The monoisotopic (exact) mass is 383 g/mol. The fraction of sp³-hybridized carbons (Fsp3) is 0.524. The molecular formula is C21H29N5O2. The molecule has 7 nitrogen and oxygen atoms in total. The standard InChI is InChI=1S/C21H29N5O2/c1-25-10-8-21(15-4-5-17(27-2)18(12-15)28-3)7-6-16(13-19(21)25)24-26-11-9-23-14-20(26)22/h4-5,9,11-12,14,19-20H,6-8,10,13,22H2,1-3H3/t19-,20?,21-/m0/s1. The number of hydrazone groups is 1. The zero-order valence-electron chi connectivity index (χ0n) is 16.8. The first-order valence-corrected chi connectivity index (χ1v) is 9.80. The van der Waals surface area contributed by atoms with Gasteiger partial charge in [-0.1, -0.05) is 6.07 Å². The van der Waals surface area contributed by atoms with Crippen LogP contribution >= 0.6 is 0 Å². The van der Waals surface area contributed by atoms with Crippen LogP contribution in [0.1, 0.15) is 31.2 Å². The van der Waals surface area contributed by atoms with Crippen molar-refractivity contribution in [2.75, 3.05) is 27.8 Å². The maximum atomic E-state index is 6.09. The molecule has 1 aromatic carbocycles. The molecule has 3 aliphatic rings. The smallest absolute Gasteiger partial charge is 0.161 e. The van der Waals surface area contributed by atoms with Crippen LogP contribution in [-0.4, -0.2) is 61.9 Å². The Morgan fingerprint density at radius 3 is 2.79 bits per heavy atom. The molecule has 1 saturated heterocycles. The third kappa shape index (κ3) is 3.18. The topological polar surface area (TPSA) is 75.7 Å². The van der Waals surface area contributed by atoms with Crippen molar-refractivity contribution < 1.29 is 9.47 Å². The summed E-state index contributed by atoms with van der Waals surface area (Å²) in [6.07, 6.45) is 9.10. The predicted octanol–water partition coefficient (Wildman–Crippen LogP) is 2.33. The van der Waals surface area contributed by atoms with Gasteiger partial charge >= 0.3 is 0 Å². The third-order valence-corrected chi connectivity index (χ3v) is 6.43. The Bertz CT molecular complexity index is 821. The third-order valence-electron chi connectivity index (χ3n) is 6.43. The molecule has 0 aromatic heterocycles. The number of likely N-dealkylation sites (N-methyl/N-ethyl adjacent to an activating group) is 1. The summed E-state index contributed by atoms with van der Waals surface area (Å²) >= 11 is 0. The number of benzene rings is 1. The number of hydrogen-bond acceptors (Lipinski definition) is 7. The van der Waals surface area contributed by atoms with Gasteiger partial charge in [0.2, 0.25) is 0 Å². The fourth-order valence-electron chi connectivity index (χ4n) is 4.85. The van der Waals surface area contributed by atoms with Crippen molar-refractivity contribution in [3.05, 3.63) is 36.2 Å². The van der Waals surface area contributed by atoms with E-state index in [4.69, 9.17) is 20.3 Å². The first kappa shape index (κ1) is 19.0. The molecule has 1 unspecified atom stereocenters. The van der Waals surface area contributed by atoms with E-state index < -0.39 is 0 Å². The Hall–Kier alpha value is -2.38. The van der Waals surface area contributed by atoms with Crippen molar-refractivity contribution in [2.45, 2.75) is 43.3 Å². The molecule has 7 heteroatoms. The zero-order valence-corrected chi connectivity index (χ0v) is 16.8. The molecule has 0 spiro atoms. The summed E-state index contributed by atoms with van der Waals surface area (Å²) in [5, 5.41) is 6.64. The highest BCUT2D eigenvalue weighted by molar-refractivity contribution is 5.86. The second-order valence-electron chi connectivity index (χ2n) is 7.81. The van der Waals surface area contributed by atoms with Crippen LogP contribution in [0.2, 0.25) is 0 Å². The van der Waals surface area contributed by atoms with Gasteiger partial charge in [0, 0.05) is 42.2 Å². The molecule has 2 N–H and O–H groups in total. The van der Waals surface area contributed by atoms with Gasteiger partial charge in [0.15, 0.2) is 11.5 Å². The van der Waals surface area contributed by atoms with E-state index in [-0.39, 0.29) is 11.6 Å². The van der Waals surface area contributed by atoms with Crippen molar-refractivity contribution in [3.63, 3.8) is 0 Å². The van der Waals surface area contributed by atoms with Crippen LogP contribution in [-0.2, 0) is 5.41 Å². The quantitative estimate of drug-likeness (QED) is 0.864. The second-order valence-corrected chi connectivity index (χ2v) is 7.81. The van der Waals surface area contributed by atoms with E-state index >= 15 is 0 Å². The van der Waals surface area contributed by atoms with Crippen LogP contribution in [0.3, 0.4) is 0 Å². The average Bonchev–Trinajstić information content (AvgIpc) is 3.06. The van der Waals surface area contributed by atoms with Crippen molar-refractivity contribution in [3.8, 4) is 11.5 Å². The van der Waals surface area contributed by atoms with E-state index in [1.165, 1.54) is 11.3 Å².